The molecule has 0 aliphatic rings. The molecule has 0 aliphatic carbocycles. The molecule has 0 bridgehead atoms. The number of fused-ring (bicyclic) bond motifs is 1. The Morgan fingerprint density at radius 3 is 2.79 bits per heavy atom. The maximum absolute atomic E-state index is 11.7. The molecule has 2 aromatic rings. The van der Waals surface area contributed by atoms with Crippen LogP contribution in [0.15, 0.2) is 22.6 Å². The number of oxazole rings is 1. The Labute approximate surface area is 109 Å². The molecule has 0 aliphatic heterocycles. The van der Waals surface area contributed by atoms with Crippen LogP contribution in [0.25, 0.3) is 11.1 Å². The number of esters is 1. The van der Waals surface area contributed by atoms with Crippen molar-refractivity contribution in [1.29, 1.82) is 0 Å². The first kappa shape index (κ1) is 13.1. The smallest absolute Gasteiger partial charge is 0.333 e. The molecule has 1 unspecified atom stereocenters. The fourth-order valence-corrected chi connectivity index (χ4v) is 1.84. The average Bonchev–Trinajstić information content (AvgIpc) is 2.73. The van der Waals surface area contributed by atoms with E-state index in [4.69, 9.17) is 4.42 Å². The number of aryl methyl sites for hydroxylation is 1. The number of carbonyl (C=O) groups excluding carboxylic acids is 2. The number of benzene rings is 1. The van der Waals surface area contributed by atoms with E-state index in [9.17, 15) is 9.59 Å². The van der Waals surface area contributed by atoms with Gasteiger partial charge in [-0.3, -0.25) is 4.79 Å². The van der Waals surface area contributed by atoms with Crippen LogP contribution in [0.3, 0.4) is 0 Å². The fraction of sp³-hybridized carbons (Fsp3) is 0.308. The van der Waals surface area contributed by atoms with E-state index in [1.807, 2.05) is 0 Å². The number of hydrogen-bond acceptors (Lipinski definition) is 5. The first-order valence-corrected chi connectivity index (χ1v) is 5.73. The topological polar surface area (TPSA) is 81.4 Å². The number of rotatable bonds is 3. The van der Waals surface area contributed by atoms with Crippen molar-refractivity contribution >= 4 is 23.0 Å². The molecule has 6 heteroatoms. The van der Waals surface area contributed by atoms with Crippen molar-refractivity contribution in [3.8, 4) is 0 Å². The average molecular weight is 262 g/mol. The van der Waals surface area contributed by atoms with Crippen LogP contribution in [0, 0.1) is 6.92 Å². The van der Waals surface area contributed by atoms with Gasteiger partial charge in [-0.15, -0.1) is 0 Å². The van der Waals surface area contributed by atoms with Crippen LogP contribution >= 0.6 is 0 Å². The highest BCUT2D eigenvalue weighted by Gasteiger charge is 2.23. The zero-order chi connectivity index (χ0) is 14.0. The van der Waals surface area contributed by atoms with Crippen LogP contribution in [0.1, 0.15) is 24.4 Å². The summed E-state index contributed by atoms with van der Waals surface area (Å²) in [5.41, 5.74) is 1.85. The minimum absolute atomic E-state index is 0.316. The molecule has 2 rings (SSSR count). The summed E-state index contributed by atoms with van der Waals surface area (Å²) in [7, 11) is 1.27. The third kappa shape index (κ3) is 2.73. The zero-order valence-electron chi connectivity index (χ0n) is 10.9. The maximum atomic E-state index is 11.7. The van der Waals surface area contributed by atoms with Gasteiger partial charge in [-0.25, -0.2) is 9.78 Å². The summed E-state index contributed by atoms with van der Waals surface area (Å²) < 4.78 is 10.1. The van der Waals surface area contributed by atoms with Crippen LogP contribution in [-0.4, -0.2) is 24.0 Å². The zero-order valence-corrected chi connectivity index (χ0v) is 10.9. The monoisotopic (exact) mass is 262 g/mol. The van der Waals surface area contributed by atoms with Gasteiger partial charge in [0.05, 0.1) is 7.11 Å². The second-order valence-electron chi connectivity index (χ2n) is 4.12. The van der Waals surface area contributed by atoms with Crippen molar-refractivity contribution in [3.05, 3.63) is 29.7 Å². The Hall–Kier alpha value is -2.37. The Morgan fingerprint density at radius 2 is 2.16 bits per heavy atom. The molecule has 1 aromatic heterocycles. The Balaban J connectivity index is 2.42. The third-order valence-electron chi connectivity index (χ3n) is 2.64. The van der Waals surface area contributed by atoms with Crippen molar-refractivity contribution in [2.75, 3.05) is 7.11 Å². The molecule has 1 heterocycles. The lowest BCUT2D eigenvalue weighted by Gasteiger charge is -2.15. The number of aromatic nitrogens is 1. The van der Waals surface area contributed by atoms with E-state index >= 15 is 0 Å². The Morgan fingerprint density at radius 1 is 1.42 bits per heavy atom. The molecule has 1 aromatic carbocycles. The summed E-state index contributed by atoms with van der Waals surface area (Å²) in [4.78, 5) is 27.0. The third-order valence-corrected chi connectivity index (χ3v) is 2.64. The highest BCUT2D eigenvalue weighted by atomic mass is 16.5. The molecule has 100 valence electrons. The van der Waals surface area contributed by atoms with Crippen LogP contribution < -0.4 is 5.32 Å². The minimum Gasteiger partial charge on any atom is -0.467 e. The van der Waals surface area contributed by atoms with Crippen LogP contribution in [-0.2, 0) is 14.3 Å². The van der Waals surface area contributed by atoms with Crippen molar-refractivity contribution in [1.82, 2.24) is 10.3 Å². The first-order valence-electron chi connectivity index (χ1n) is 5.73. The summed E-state index contributed by atoms with van der Waals surface area (Å²) in [6.07, 6.45) is 0. The summed E-state index contributed by atoms with van der Waals surface area (Å²) in [5.74, 6) is -0.309. The standard InChI is InChI=1S/C13H14N2O4/c1-7(16)14-12(13(17)18-3)9-4-5-10-11(6-9)19-8(2)15-10/h4-6,12H,1-3H3,(H,14,16). The molecular weight excluding hydrogens is 248 g/mol. The summed E-state index contributed by atoms with van der Waals surface area (Å²) in [6.45, 7) is 3.08. The van der Waals surface area contributed by atoms with Crippen LogP contribution in [0.4, 0.5) is 0 Å². The number of hydrogen-bond donors (Lipinski definition) is 1. The summed E-state index contributed by atoms with van der Waals surface area (Å²) in [5, 5.41) is 2.54. The lowest BCUT2D eigenvalue weighted by atomic mass is 10.1. The van der Waals surface area contributed by atoms with E-state index in [1.165, 1.54) is 14.0 Å². The van der Waals surface area contributed by atoms with Gasteiger partial charge in [-0.1, -0.05) is 6.07 Å². The van der Waals surface area contributed by atoms with Gasteiger partial charge in [-0.2, -0.15) is 0 Å². The largest absolute Gasteiger partial charge is 0.467 e. The van der Waals surface area contributed by atoms with E-state index < -0.39 is 12.0 Å². The first-order chi connectivity index (χ1) is 9.01. The number of amides is 1. The molecule has 1 N–H and O–H groups in total. The van der Waals surface area contributed by atoms with E-state index in [-0.39, 0.29) is 5.91 Å². The molecule has 0 spiro atoms. The molecule has 1 amide bonds. The van der Waals surface area contributed by atoms with Gasteiger partial charge in [-0.05, 0) is 17.7 Å². The van der Waals surface area contributed by atoms with Crippen molar-refractivity contribution in [2.24, 2.45) is 0 Å². The molecule has 0 fully saturated rings. The second-order valence-corrected chi connectivity index (χ2v) is 4.12. The molecule has 0 saturated heterocycles. The molecule has 19 heavy (non-hydrogen) atoms. The SMILES string of the molecule is COC(=O)C(NC(C)=O)c1ccc2nc(C)oc2c1. The summed E-state index contributed by atoms with van der Waals surface area (Å²) >= 11 is 0. The number of methoxy groups -OCH3 is 1. The quantitative estimate of drug-likeness (QED) is 0.847. The van der Waals surface area contributed by atoms with Gasteiger partial charge >= 0.3 is 5.97 Å². The lowest BCUT2D eigenvalue weighted by molar-refractivity contribution is -0.145. The van der Waals surface area contributed by atoms with Crippen molar-refractivity contribution in [2.45, 2.75) is 19.9 Å². The minimum atomic E-state index is -0.850. The van der Waals surface area contributed by atoms with Crippen LogP contribution in [0.2, 0.25) is 0 Å². The fourth-order valence-electron chi connectivity index (χ4n) is 1.84. The molecule has 1 atom stereocenters. The van der Waals surface area contributed by atoms with Gasteiger partial charge in [0.25, 0.3) is 0 Å². The van der Waals surface area contributed by atoms with Crippen LogP contribution in [0.5, 0.6) is 0 Å². The summed E-state index contributed by atoms with van der Waals surface area (Å²) in [6, 6.07) is 4.27. The van der Waals surface area contributed by atoms with Gasteiger partial charge in [0, 0.05) is 13.8 Å². The van der Waals surface area contributed by atoms with Gasteiger partial charge in [0.2, 0.25) is 5.91 Å². The van der Waals surface area contributed by atoms with Crippen molar-refractivity contribution in [3.63, 3.8) is 0 Å². The lowest BCUT2D eigenvalue weighted by Crippen LogP contribution is -2.32. The molecular formula is C13H14N2O4. The van der Waals surface area contributed by atoms with Gasteiger partial charge in [0.1, 0.15) is 5.52 Å². The molecule has 0 saturated carbocycles. The Bertz CT molecular complexity index is 633. The Kier molecular flexibility index (Phi) is 3.50. The van der Waals surface area contributed by atoms with Gasteiger partial charge in [0.15, 0.2) is 17.5 Å². The number of nitrogens with zero attached hydrogens (tertiary/aromatic N) is 1. The second kappa shape index (κ2) is 5.09. The molecule has 6 nitrogen and oxygen atoms in total. The van der Waals surface area contributed by atoms with E-state index in [2.05, 4.69) is 15.0 Å². The number of carbonyl (C=O) groups is 2. The van der Waals surface area contributed by atoms with E-state index in [1.54, 1.807) is 25.1 Å². The highest BCUT2D eigenvalue weighted by molar-refractivity contribution is 5.85. The highest BCUT2D eigenvalue weighted by Crippen LogP contribution is 2.22. The normalized spacial score (nSPS) is 12.2. The predicted molar refractivity (Wildman–Crippen MR) is 67.3 cm³/mol. The predicted octanol–water partition coefficient (Wildman–Crippen LogP) is 1.49. The number of nitrogens with one attached hydrogen (secondary N) is 1. The molecule has 0 radical (unpaired) electrons. The van der Waals surface area contributed by atoms with E-state index in [0.29, 0.717) is 22.6 Å². The maximum Gasteiger partial charge on any atom is 0.333 e. The number of ether oxygens (including phenoxy) is 1. The van der Waals surface area contributed by atoms with Gasteiger partial charge < -0.3 is 14.5 Å². The van der Waals surface area contributed by atoms with Crippen molar-refractivity contribution < 1.29 is 18.7 Å². The van der Waals surface area contributed by atoms with E-state index in [0.717, 1.165) is 0 Å².